The molecular formula is C9H16N4OS. The largest absolute Gasteiger partial charge is 0.381 e. The lowest BCUT2D eigenvalue weighted by molar-refractivity contribution is 0.0879. The Balaban J connectivity index is 2.08. The van der Waals surface area contributed by atoms with Crippen molar-refractivity contribution in [2.45, 2.75) is 18.9 Å². The van der Waals surface area contributed by atoms with Crippen LogP contribution in [0.3, 0.4) is 0 Å². The topological polar surface area (TPSA) is 56.3 Å². The van der Waals surface area contributed by atoms with E-state index in [0.717, 1.165) is 31.7 Å². The van der Waals surface area contributed by atoms with Gasteiger partial charge in [-0.05, 0) is 12.8 Å². The first kappa shape index (κ1) is 10.8. The smallest absolute Gasteiger partial charge is 0.0864 e. The van der Waals surface area contributed by atoms with E-state index in [1.54, 1.807) is 4.68 Å². The summed E-state index contributed by atoms with van der Waals surface area (Å²) >= 11 is 1.27. The van der Waals surface area contributed by atoms with Crippen molar-refractivity contribution in [3.05, 3.63) is 12.4 Å². The third kappa shape index (κ3) is 2.45. The highest BCUT2D eigenvalue weighted by atomic mass is 32.2. The number of aromatic nitrogens is 2. The molecule has 0 aromatic carbocycles. The van der Waals surface area contributed by atoms with E-state index < -0.39 is 0 Å². The molecule has 0 unspecified atom stereocenters. The molecule has 0 spiro atoms. The molecule has 15 heavy (non-hydrogen) atoms. The molecule has 6 heteroatoms. The Hall–Kier alpha value is -0.720. The summed E-state index contributed by atoms with van der Waals surface area (Å²) in [5.74, 6) is 0. The predicted octanol–water partition coefficient (Wildman–Crippen LogP) is 0.927. The van der Waals surface area contributed by atoms with E-state index in [2.05, 4.69) is 9.40 Å². The van der Waals surface area contributed by atoms with Crippen LogP contribution in [0.15, 0.2) is 12.4 Å². The van der Waals surface area contributed by atoms with Gasteiger partial charge in [0.05, 0.1) is 11.9 Å². The SMILES string of the molecule is Cn1cc(N(SN)C2CCOCC2)cn1. The molecule has 2 rings (SSSR count). The Morgan fingerprint density at radius 1 is 1.60 bits per heavy atom. The Morgan fingerprint density at radius 3 is 2.87 bits per heavy atom. The number of hydrogen-bond donors (Lipinski definition) is 1. The van der Waals surface area contributed by atoms with Crippen LogP contribution < -0.4 is 9.44 Å². The Bertz CT molecular complexity index is 311. The van der Waals surface area contributed by atoms with Crippen LogP contribution in [-0.2, 0) is 11.8 Å². The first-order valence-corrected chi connectivity index (χ1v) is 5.87. The van der Waals surface area contributed by atoms with Crippen molar-refractivity contribution < 1.29 is 4.74 Å². The quantitative estimate of drug-likeness (QED) is 0.780. The lowest BCUT2D eigenvalue weighted by Crippen LogP contribution is -2.35. The van der Waals surface area contributed by atoms with Gasteiger partial charge in [0.25, 0.3) is 0 Å². The summed E-state index contributed by atoms with van der Waals surface area (Å²) < 4.78 is 9.25. The third-order valence-electron chi connectivity index (χ3n) is 2.58. The Morgan fingerprint density at radius 2 is 2.33 bits per heavy atom. The average molecular weight is 228 g/mol. The highest BCUT2D eigenvalue weighted by Crippen LogP contribution is 2.26. The maximum absolute atomic E-state index is 5.71. The van der Waals surface area contributed by atoms with E-state index in [4.69, 9.17) is 9.88 Å². The van der Waals surface area contributed by atoms with Gasteiger partial charge < -0.3 is 4.74 Å². The van der Waals surface area contributed by atoms with Crippen molar-refractivity contribution >= 4 is 17.8 Å². The lowest BCUT2D eigenvalue weighted by atomic mass is 10.1. The first-order valence-electron chi connectivity index (χ1n) is 5.03. The number of anilines is 1. The summed E-state index contributed by atoms with van der Waals surface area (Å²) in [7, 11) is 1.91. The number of nitrogens with two attached hydrogens (primary N) is 1. The van der Waals surface area contributed by atoms with Crippen LogP contribution in [-0.4, -0.2) is 29.0 Å². The molecule has 2 heterocycles. The van der Waals surface area contributed by atoms with Crippen LogP contribution in [0.4, 0.5) is 5.69 Å². The van der Waals surface area contributed by atoms with Crippen LogP contribution in [0.5, 0.6) is 0 Å². The fourth-order valence-corrected chi connectivity index (χ4v) is 2.40. The van der Waals surface area contributed by atoms with E-state index in [1.165, 1.54) is 12.1 Å². The zero-order chi connectivity index (χ0) is 10.7. The maximum Gasteiger partial charge on any atom is 0.0864 e. The molecular weight excluding hydrogens is 212 g/mol. The van der Waals surface area contributed by atoms with E-state index in [0.29, 0.717) is 6.04 Å². The zero-order valence-electron chi connectivity index (χ0n) is 8.80. The summed E-state index contributed by atoms with van der Waals surface area (Å²) in [6.07, 6.45) is 5.88. The van der Waals surface area contributed by atoms with Crippen molar-refractivity contribution in [3.8, 4) is 0 Å². The second-order valence-corrected chi connectivity index (χ2v) is 4.25. The van der Waals surface area contributed by atoms with Crippen molar-refractivity contribution in [1.82, 2.24) is 9.78 Å². The molecule has 1 aliphatic rings. The molecule has 1 aromatic rings. The van der Waals surface area contributed by atoms with Gasteiger partial charge in [-0.3, -0.25) is 14.1 Å². The summed E-state index contributed by atoms with van der Waals surface area (Å²) in [5.41, 5.74) is 1.07. The highest BCUT2D eigenvalue weighted by molar-refractivity contribution is 7.98. The third-order valence-corrected chi connectivity index (χ3v) is 3.32. The predicted molar refractivity (Wildman–Crippen MR) is 61.3 cm³/mol. The first-order chi connectivity index (χ1) is 7.31. The van der Waals surface area contributed by atoms with Gasteiger partial charge in [0.1, 0.15) is 0 Å². The summed E-state index contributed by atoms with van der Waals surface area (Å²) in [6, 6.07) is 0.456. The maximum atomic E-state index is 5.71. The van der Waals surface area contributed by atoms with Gasteiger partial charge in [0.15, 0.2) is 0 Å². The minimum absolute atomic E-state index is 0.456. The molecule has 0 saturated carbocycles. The minimum Gasteiger partial charge on any atom is -0.381 e. The van der Waals surface area contributed by atoms with E-state index >= 15 is 0 Å². The molecule has 0 aliphatic carbocycles. The van der Waals surface area contributed by atoms with Crippen LogP contribution >= 0.6 is 12.1 Å². The van der Waals surface area contributed by atoms with Gasteiger partial charge in [0.2, 0.25) is 0 Å². The monoisotopic (exact) mass is 228 g/mol. The lowest BCUT2D eigenvalue weighted by Gasteiger charge is -2.32. The molecule has 1 aromatic heterocycles. The fourth-order valence-electron chi connectivity index (χ4n) is 1.80. The van der Waals surface area contributed by atoms with E-state index in [9.17, 15) is 0 Å². The fraction of sp³-hybridized carbons (Fsp3) is 0.667. The van der Waals surface area contributed by atoms with Gasteiger partial charge in [-0.2, -0.15) is 5.10 Å². The zero-order valence-corrected chi connectivity index (χ0v) is 9.61. The minimum atomic E-state index is 0.456. The summed E-state index contributed by atoms with van der Waals surface area (Å²) in [6.45, 7) is 1.64. The molecule has 5 nitrogen and oxygen atoms in total. The van der Waals surface area contributed by atoms with Crippen molar-refractivity contribution in [2.24, 2.45) is 12.2 Å². The molecule has 1 saturated heterocycles. The number of ether oxygens (including phenoxy) is 1. The summed E-state index contributed by atoms with van der Waals surface area (Å²) in [5, 5.41) is 9.86. The van der Waals surface area contributed by atoms with Crippen LogP contribution in [0, 0.1) is 0 Å². The van der Waals surface area contributed by atoms with Gasteiger partial charge in [-0.15, -0.1) is 0 Å². The molecule has 0 radical (unpaired) electrons. The average Bonchev–Trinajstić information content (AvgIpc) is 2.68. The van der Waals surface area contributed by atoms with Gasteiger partial charge in [-0.25, -0.2) is 0 Å². The Labute approximate surface area is 93.8 Å². The van der Waals surface area contributed by atoms with Crippen LogP contribution in [0.25, 0.3) is 0 Å². The van der Waals surface area contributed by atoms with Gasteiger partial charge >= 0.3 is 0 Å². The molecule has 0 atom stereocenters. The molecule has 0 amide bonds. The van der Waals surface area contributed by atoms with Crippen molar-refractivity contribution in [2.75, 3.05) is 17.5 Å². The molecule has 84 valence electrons. The number of nitrogens with zero attached hydrogens (tertiary/aromatic N) is 3. The molecule has 2 N–H and O–H groups in total. The number of aryl methyl sites for hydroxylation is 1. The molecule has 1 aliphatic heterocycles. The van der Waals surface area contributed by atoms with Crippen LogP contribution in [0.2, 0.25) is 0 Å². The Kier molecular flexibility index (Phi) is 3.50. The second kappa shape index (κ2) is 4.87. The summed E-state index contributed by atoms with van der Waals surface area (Å²) in [4.78, 5) is 0. The normalized spacial score (nSPS) is 18.0. The number of hydrogen-bond acceptors (Lipinski definition) is 5. The van der Waals surface area contributed by atoms with E-state index in [1.807, 2.05) is 19.4 Å². The molecule has 0 bridgehead atoms. The van der Waals surface area contributed by atoms with Crippen molar-refractivity contribution in [1.29, 1.82) is 0 Å². The van der Waals surface area contributed by atoms with Gasteiger partial charge in [-0.1, -0.05) is 0 Å². The van der Waals surface area contributed by atoms with Crippen molar-refractivity contribution in [3.63, 3.8) is 0 Å². The second-order valence-electron chi connectivity index (χ2n) is 3.65. The standard InChI is InChI=1S/C9H16N4OS/c1-12-7-9(6-11-12)13(15-10)8-2-4-14-5-3-8/h6-8H,2-5,10H2,1H3. The van der Waals surface area contributed by atoms with Gasteiger partial charge in [0, 0.05) is 44.6 Å². The number of rotatable bonds is 3. The highest BCUT2D eigenvalue weighted by Gasteiger charge is 2.22. The molecule has 1 fully saturated rings. The van der Waals surface area contributed by atoms with Crippen LogP contribution in [0.1, 0.15) is 12.8 Å². The van der Waals surface area contributed by atoms with E-state index in [-0.39, 0.29) is 0 Å².